The average Bonchev–Trinajstić information content (AvgIpc) is 3.26. The molecule has 0 spiro atoms. The number of carbonyl (C=O) groups excluding carboxylic acids is 2. The smallest absolute Gasteiger partial charge is 0.258 e. The van der Waals surface area contributed by atoms with E-state index in [1.54, 1.807) is 23.6 Å². The van der Waals surface area contributed by atoms with Gasteiger partial charge in [0.15, 0.2) is 0 Å². The number of fused-ring (bicyclic) bond motifs is 2. The van der Waals surface area contributed by atoms with E-state index in [2.05, 4.69) is 20.3 Å². The number of anilines is 2. The molecular weight excluding hydrogens is 477 g/mol. The SMILES string of the molecule is Cc1ccc2c(C(=O)c3ccc(Cl)cc3F)nccc2c1NC(=O)c1csc2c(N)ncnc12. The second-order valence-electron chi connectivity index (χ2n) is 7.51. The van der Waals surface area contributed by atoms with Crippen LogP contribution in [-0.2, 0) is 0 Å². The van der Waals surface area contributed by atoms with Gasteiger partial charge in [-0.2, -0.15) is 0 Å². The first kappa shape index (κ1) is 21.9. The van der Waals surface area contributed by atoms with Crippen LogP contribution in [0.3, 0.4) is 0 Å². The molecule has 10 heteroatoms. The van der Waals surface area contributed by atoms with Crippen LogP contribution in [0.1, 0.15) is 32.0 Å². The highest BCUT2D eigenvalue weighted by Gasteiger charge is 2.21. The molecule has 1 amide bonds. The predicted molar refractivity (Wildman–Crippen MR) is 131 cm³/mol. The van der Waals surface area contributed by atoms with Gasteiger partial charge in [0.25, 0.3) is 5.91 Å². The molecular formula is C24H15ClFN5O2S. The summed E-state index contributed by atoms with van der Waals surface area (Å²) in [4.78, 5) is 38.6. The molecule has 0 saturated carbocycles. The van der Waals surface area contributed by atoms with Crippen LogP contribution in [-0.4, -0.2) is 26.6 Å². The summed E-state index contributed by atoms with van der Waals surface area (Å²) in [7, 11) is 0. The van der Waals surface area contributed by atoms with Crippen molar-refractivity contribution in [2.45, 2.75) is 6.92 Å². The number of hydrogen-bond donors (Lipinski definition) is 2. The fourth-order valence-corrected chi connectivity index (χ4v) is 4.78. The molecule has 3 aromatic heterocycles. The normalized spacial score (nSPS) is 11.1. The molecule has 0 fully saturated rings. The van der Waals surface area contributed by atoms with Crippen LogP contribution in [0, 0.1) is 12.7 Å². The number of halogens is 2. The van der Waals surface area contributed by atoms with Gasteiger partial charge in [-0.1, -0.05) is 23.7 Å². The van der Waals surface area contributed by atoms with Gasteiger partial charge in [-0.05, 0) is 36.8 Å². The fraction of sp³-hybridized carbons (Fsp3) is 0.0417. The summed E-state index contributed by atoms with van der Waals surface area (Å²) in [5.74, 6) is -1.40. The summed E-state index contributed by atoms with van der Waals surface area (Å²) in [6.45, 7) is 1.84. The summed E-state index contributed by atoms with van der Waals surface area (Å²) in [5.41, 5.74) is 7.92. The number of thiophene rings is 1. The Hall–Kier alpha value is -3.95. The van der Waals surface area contributed by atoms with E-state index in [-0.39, 0.29) is 22.2 Å². The van der Waals surface area contributed by atoms with E-state index in [0.717, 1.165) is 11.6 Å². The number of rotatable bonds is 4. The minimum atomic E-state index is -0.734. The van der Waals surface area contributed by atoms with Gasteiger partial charge in [-0.15, -0.1) is 11.3 Å². The van der Waals surface area contributed by atoms with E-state index in [1.807, 2.05) is 6.92 Å². The van der Waals surface area contributed by atoms with Gasteiger partial charge in [-0.25, -0.2) is 14.4 Å². The van der Waals surface area contributed by atoms with E-state index in [0.29, 0.717) is 38.1 Å². The lowest BCUT2D eigenvalue weighted by Crippen LogP contribution is -2.14. The van der Waals surface area contributed by atoms with Gasteiger partial charge in [0, 0.05) is 27.4 Å². The Bertz CT molecular complexity index is 1640. The quantitative estimate of drug-likeness (QED) is 0.325. The van der Waals surface area contributed by atoms with Crippen molar-refractivity contribution >= 4 is 67.1 Å². The summed E-state index contributed by atoms with van der Waals surface area (Å²) >= 11 is 7.10. The van der Waals surface area contributed by atoms with Crippen molar-refractivity contribution in [3.8, 4) is 0 Å². The highest BCUT2D eigenvalue weighted by Crippen LogP contribution is 2.32. The third-order valence-corrected chi connectivity index (χ3v) is 6.64. The third kappa shape index (κ3) is 3.64. The van der Waals surface area contributed by atoms with Crippen molar-refractivity contribution in [2.24, 2.45) is 0 Å². The lowest BCUT2D eigenvalue weighted by atomic mass is 9.99. The number of benzene rings is 2. The molecule has 0 aliphatic heterocycles. The minimum Gasteiger partial charge on any atom is -0.382 e. The number of pyridine rings is 1. The molecule has 168 valence electrons. The van der Waals surface area contributed by atoms with Crippen LogP contribution < -0.4 is 11.1 Å². The van der Waals surface area contributed by atoms with Gasteiger partial charge in [0.05, 0.1) is 27.0 Å². The Labute approximate surface area is 201 Å². The first-order valence-electron chi connectivity index (χ1n) is 10.0. The van der Waals surface area contributed by atoms with Crippen molar-refractivity contribution in [2.75, 3.05) is 11.1 Å². The summed E-state index contributed by atoms with van der Waals surface area (Å²) < 4.78 is 15.0. The maximum absolute atomic E-state index is 14.4. The zero-order chi connectivity index (χ0) is 24.0. The Balaban J connectivity index is 1.58. The number of nitrogen functional groups attached to an aromatic ring is 1. The number of hydrogen-bond acceptors (Lipinski definition) is 7. The van der Waals surface area contributed by atoms with E-state index in [9.17, 15) is 14.0 Å². The highest BCUT2D eigenvalue weighted by molar-refractivity contribution is 7.18. The van der Waals surface area contributed by atoms with Crippen LogP contribution in [0.15, 0.2) is 54.3 Å². The van der Waals surface area contributed by atoms with Crippen LogP contribution in [0.4, 0.5) is 15.9 Å². The van der Waals surface area contributed by atoms with Crippen LogP contribution >= 0.6 is 22.9 Å². The van der Waals surface area contributed by atoms with Crippen molar-refractivity contribution in [1.82, 2.24) is 15.0 Å². The molecule has 7 nitrogen and oxygen atoms in total. The summed E-state index contributed by atoms with van der Waals surface area (Å²) in [6.07, 6.45) is 2.76. The zero-order valence-corrected chi connectivity index (χ0v) is 19.2. The molecule has 0 saturated heterocycles. The van der Waals surface area contributed by atoms with Gasteiger partial charge in [0.2, 0.25) is 5.78 Å². The van der Waals surface area contributed by atoms with E-state index >= 15 is 0 Å². The molecule has 0 radical (unpaired) electrons. The Kier molecular flexibility index (Phi) is 5.43. The van der Waals surface area contributed by atoms with Crippen molar-refractivity contribution in [1.29, 1.82) is 0 Å². The number of nitrogens with zero attached hydrogens (tertiary/aromatic N) is 3. The number of aryl methyl sites for hydroxylation is 1. The second-order valence-corrected chi connectivity index (χ2v) is 8.82. The standard InChI is InChI=1S/C24H15ClFN5O2S/c1-11-2-4-13-14(6-7-28-19(13)21(32)15-5-3-12(25)8-17(15)26)18(11)31-24(33)16-9-34-22-20(16)29-10-30-23(22)27/h2-10H,1H3,(H,31,33)(H2,27,29,30). The largest absolute Gasteiger partial charge is 0.382 e. The number of carbonyl (C=O) groups is 2. The number of nitrogens with two attached hydrogens (primary N) is 1. The van der Waals surface area contributed by atoms with E-state index < -0.39 is 11.6 Å². The number of amides is 1. The topological polar surface area (TPSA) is 111 Å². The molecule has 0 unspecified atom stereocenters. The lowest BCUT2D eigenvalue weighted by molar-refractivity contribution is 0.102. The summed E-state index contributed by atoms with van der Waals surface area (Å²) in [5, 5.41) is 5.86. The van der Waals surface area contributed by atoms with Crippen molar-refractivity contribution < 1.29 is 14.0 Å². The van der Waals surface area contributed by atoms with Gasteiger partial charge in [0.1, 0.15) is 23.7 Å². The summed E-state index contributed by atoms with van der Waals surface area (Å²) in [6, 6.07) is 9.03. The first-order valence-corrected chi connectivity index (χ1v) is 11.3. The minimum absolute atomic E-state index is 0.0655. The zero-order valence-electron chi connectivity index (χ0n) is 17.6. The Morgan fingerprint density at radius 3 is 2.68 bits per heavy atom. The Morgan fingerprint density at radius 1 is 1.06 bits per heavy atom. The molecule has 2 aromatic carbocycles. The second kappa shape index (κ2) is 8.44. The highest BCUT2D eigenvalue weighted by atomic mass is 35.5. The molecule has 34 heavy (non-hydrogen) atoms. The third-order valence-electron chi connectivity index (χ3n) is 5.41. The molecule has 0 bridgehead atoms. The number of ketones is 1. The molecule has 3 N–H and O–H groups in total. The fourth-order valence-electron chi connectivity index (χ4n) is 3.72. The van der Waals surface area contributed by atoms with Gasteiger partial charge < -0.3 is 11.1 Å². The van der Waals surface area contributed by atoms with Crippen LogP contribution in [0.5, 0.6) is 0 Å². The molecule has 3 heterocycles. The monoisotopic (exact) mass is 491 g/mol. The van der Waals surface area contributed by atoms with Crippen LogP contribution in [0.2, 0.25) is 5.02 Å². The molecule has 0 atom stereocenters. The molecule has 0 aliphatic rings. The van der Waals surface area contributed by atoms with E-state index in [1.165, 1.54) is 36.0 Å². The number of nitrogens with one attached hydrogen (secondary N) is 1. The molecule has 5 aromatic rings. The lowest BCUT2D eigenvalue weighted by Gasteiger charge is -2.14. The van der Waals surface area contributed by atoms with Crippen LogP contribution in [0.25, 0.3) is 21.0 Å². The first-order chi connectivity index (χ1) is 16.3. The predicted octanol–water partition coefficient (Wildman–Crippen LogP) is 5.41. The average molecular weight is 492 g/mol. The maximum atomic E-state index is 14.4. The molecule has 0 aliphatic carbocycles. The molecule has 5 rings (SSSR count). The van der Waals surface area contributed by atoms with Crippen molar-refractivity contribution in [3.63, 3.8) is 0 Å². The van der Waals surface area contributed by atoms with Crippen molar-refractivity contribution in [3.05, 3.63) is 87.5 Å². The maximum Gasteiger partial charge on any atom is 0.258 e. The van der Waals surface area contributed by atoms with E-state index in [4.69, 9.17) is 17.3 Å². The van der Waals surface area contributed by atoms with Gasteiger partial charge >= 0.3 is 0 Å². The Morgan fingerprint density at radius 2 is 1.88 bits per heavy atom. The van der Waals surface area contributed by atoms with Gasteiger partial charge in [-0.3, -0.25) is 14.6 Å². The number of aromatic nitrogens is 3.